The number of halogens is 1. The average molecular weight is 258 g/mol. The molecule has 1 aromatic rings. The van der Waals surface area contributed by atoms with Gasteiger partial charge in [-0.2, -0.15) is 0 Å². The van der Waals surface area contributed by atoms with Crippen molar-refractivity contribution in [3.8, 4) is 0 Å². The van der Waals surface area contributed by atoms with Crippen molar-refractivity contribution >= 4 is 15.7 Å². The molecule has 1 aromatic carbocycles. The largest absolute Gasteiger partial charge is 0.398 e. The van der Waals surface area contributed by atoms with Gasteiger partial charge in [-0.25, -0.2) is 17.5 Å². The van der Waals surface area contributed by atoms with Crippen LogP contribution in [0.15, 0.2) is 17.0 Å². The van der Waals surface area contributed by atoms with Crippen LogP contribution in [0.4, 0.5) is 10.1 Å². The van der Waals surface area contributed by atoms with E-state index in [0.717, 1.165) is 18.9 Å². The van der Waals surface area contributed by atoms with E-state index >= 15 is 0 Å². The number of hydrogen-bond donors (Lipinski definition) is 2. The predicted molar refractivity (Wildman–Crippen MR) is 63.5 cm³/mol. The number of nitrogen functional groups attached to an aromatic ring is 1. The fraction of sp³-hybridized carbons (Fsp3) is 0.455. The van der Waals surface area contributed by atoms with Crippen molar-refractivity contribution in [2.75, 3.05) is 5.73 Å². The van der Waals surface area contributed by atoms with E-state index in [9.17, 15) is 12.8 Å². The zero-order valence-corrected chi connectivity index (χ0v) is 10.6. The summed E-state index contributed by atoms with van der Waals surface area (Å²) in [7, 11) is -3.83. The second kappa shape index (κ2) is 3.68. The first-order valence-electron chi connectivity index (χ1n) is 5.33. The summed E-state index contributed by atoms with van der Waals surface area (Å²) in [5.41, 5.74) is 5.98. The van der Waals surface area contributed by atoms with Crippen LogP contribution < -0.4 is 10.5 Å². The lowest BCUT2D eigenvalue weighted by Gasteiger charge is -2.13. The fourth-order valence-corrected chi connectivity index (χ4v) is 3.10. The van der Waals surface area contributed by atoms with Gasteiger partial charge < -0.3 is 5.73 Å². The molecule has 2 rings (SSSR count). The van der Waals surface area contributed by atoms with E-state index in [1.54, 1.807) is 13.8 Å². The van der Waals surface area contributed by atoms with Crippen molar-refractivity contribution in [1.29, 1.82) is 0 Å². The normalized spacial score (nSPS) is 18.1. The fourth-order valence-electron chi connectivity index (χ4n) is 1.54. The Morgan fingerprint density at radius 1 is 1.41 bits per heavy atom. The molecule has 0 radical (unpaired) electrons. The third-order valence-electron chi connectivity index (χ3n) is 2.99. The van der Waals surface area contributed by atoms with Crippen LogP contribution >= 0.6 is 0 Å². The second-order valence-electron chi connectivity index (χ2n) is 4.81. The van der Waals surface area contributed by atoms with E-state index in [1.807, 2.05) is 0 Å². The monoisotopic (exact) mass is 258 g/mol. The zero-order valence-electron chi connectivity index (χ0n) is 9.75. The Morgan fingerprint density at radius 3 is 2.53 bits per heavy atom. The van der Waals surface area contributed by atoms with Crippen LogP contribution in [-0.4, -0.2) is 14.0 Å². The molecule has 6 heteroatoms. The Balaban J connectivity index is 2.42. The van der Waals surface area contributed by atoms with Gasteiger partial charge in [-0.15, -0.1) is 0 Å². The Kier molecular flexibility index (Phi) is 2.67. The van der Waals surface area contributed by atoms with E-state index in [4.69, 9.17) is 5.73 Å². The Hall–Kier alpha value is -1.14. The van der Waals surface area contributed by atoms with Crippen molar-refractivity contribution in [2.45, 2.75) is 37.1 Å². The molecule has 0 spiro atoms. The van der Waals surface area contributed by atoms with Crippen molar-refractivity contribution in [2.24, 2.45) is 0 Å². The molecule has 94 valence electrons. The van der Waals surface area contributed by atoms with Gasteiger partial charge in [0, 0.05) is 11.2 Å². The molecule has 0 amide bonds. The molecule has 0 unspecified atom stereocenters. The number of sulfonamides is 1. The predicted octanol–water partition coefficient (Wildman–Crippen LogP) is 1.55. The highest BCUT2D eigenvalue weighted by molar-refractivity contribution is 7.89. The third kappa shape index (κ3) is 2.42. The van der Waals surface area contributed by atoms with Gasteiger partial charge in [0.15, 0.2) is 0 Å². The van der Waals surface area contributed by atoms with Crippen LogP contribution in [0.25, 0.3) is 0 Å². The number of anilines is 1. The maximum atomic E-state index is 13.6. The van der Waals surface area contributed by atoms with Gasteiger partial charge in [-0.3, -0.25) is 0 Å². The van der Waals surface area contributed by atoms with Crippen LogP contribution in [0.2, 0.25) is 0 Å². The van der Waals surface area contributed by atoms with Crippen molar-refractivity contribution in [3.05, 3.63) is 23.5 Å². The Bertz CT molecular complexity index is 565. The molecule has 0 bridgehead atoms. The minimum atomic E-state index is -3.83. The zero-order chi connectivity index (χ0) is 12.8. The van der Waals surface area contributed by atoms with Crippen molar-refractivity contribution < 1.29 is 12.8 Å². The summed E-state index contributed by atoms with van der Waals surface area (Å²) in [5, 5.41) is 0. The van der Waals surface area contributed by atoms with Crippen molar-refractivity contribution in [3.63, 3.8) is 0 Å². The maximum Gasteiger partial charge on any atom is 0.244 e. The number of aryl methyl sites for hydroxylation is 1. The van der Waals surface area contributed by atoms with Crippen LogP contribution in [0, 0.1) is 12.7 Å². The molecule has 3 N–H and O–H groups in total. The van der Waals surface area contributed by atoms with Gasteiger partial charge in [-0.05, 0) is 44.4 Å². The highest BCUT2D eigenvalue weighted by atomic mass is 32.2. The summed E-state index contributed by atoms with van der Waals surface area (Å²) < 4.78 is 40.1. The third-order valence-corrected chi connectivity index (χ3v) is 4.64. The molecule has 0 aromatic heterocycles. The van der Waals surface area contributed by atoms with E-state index in [-0.39, 0.29) is 10.6 Å². The molecule has 1 saturated carbocycles. The molecular formula is C11H15FN2O2S. The summed E-state index contributed by atoms with van der Waals surface area (Å²) in [6, 6.07) is 2.30. The van der Waals surface area contributed by atoms with Gasteiger partial charge in [0.25, 0.3) is 0 Å². The molecule has 1 aliphatic carbocycles. The molecule has 0 atom stereocenters. The number of hydrogen-bond acceptors (Lipinski definition) is 3. The van der Waals surface area contributed by atoms with Gasteiger partial charge in [0.2, 0.25) is 10.0 Å². The molecule has 17 heavy (non-hydrogen) atoms. The lowest BCUT2D eigenvalue weighted by atomic mass is 10.2. The summed E-state index contributed by atoms with van der Waals surface area (Å²) in [6.45, 7) is 3.42. The molecule has 0 heterocycles. The maximum absolute atomic E-state index is 13.6. The number of nitrogens with two attached hydrogens (primary N) is 1. The SMILES string of the molecule is Cc1cc(F)c(S(=O)(=O)NC2(C)CC2)cc1N. The first-order valence-corrected chi connectivity index (χ1v) is 6.81. The Labute approximate surface area is 100 Å². The van der Waals surface area contributed by atoms with Crippen LogP contribution in [-0.2, 0) is 10.0 Å². The molecule has 1 aliphatic rings. The molecule has 0 saturated heterocycles. The van der Waals surface area contributed by atoms with E-state index in [1.165, 1.54) is 6.07 Å². The number of benzene rings is 1. The molecule has 1 fully saturated rings. The number of rotatable bonds is 3. The number of nitrogens with one attached hydrogen (secondary N) is 1. The lowest BCUT2D eigenvalue weighted by Crippen LogP contribution is -2.34. The summed E-state index contributed by atoms with van der Waals surface area (Å²) in [4.78, 5) is -0.381. The van der Waals surface area contributed by atoms with E-state index < -0.39 is 21.4 Å². The molecule has 0 aliphatic heterocycles. The minimum absolute atomic E-state index is 0.271. The first-order chi connectivity index (χ1) is 7.73. The minimum Gasteiger partial charge on any atom is -0.398 e. The van der Waals surface area contributed by atoms with Gasteiger partial charge in [0.1, 0.15) is 10.7 Å². The lowest BCUT2D eigenvalue weighted by molar-refractivity contribution is 0.540. The van der Waals surface area contributed by atoms with Gasteiger partial charge >= 0.3 is 0 Å². The molecule has 4 nitrogen and oxygen atoms in total. The second-order valence-corrected chi connectivity index (χ2v) is 6.46. The summed E-state index contributed by atoms with van der Waals surface area (Å²) in [6.07, 6.45) is 1.55. The van der Waals surface area contributed by atoms with E-state index in [0.29, 0.717) is 5.56 Å². The van der Waals surface area contributed by atoms with Gasteiger partial charge in [-0.1, -0.05) is 0 Å². The quantitative estimate of drug-likeness (QED) is 0.808. The highest BCUT2D eigenvalue weighted by Gasteiger charge is 2.41. The van der Waals surface area contributed by atoms with E-state index in [2.05, 4.69) is 4.72 Å². The summed E-state index contributed by atoms with van der Waals surface area (Å²) in [5.74, 6) is -0.770. The molecular weight excluding hydrogens is 243 g/mol. The first kappa shape index (κ1) is 12.3. The topological polar surface area (TPSA) is 72.2 Å². The standard InChI is InChI=1S/C11H15FN2O2S/c1-7-5-8(12)10(6-9(7)13)17(15,16)14-11(2)3-4-11/h5-6,14H,3-4,13H2,1-2H3. The smallest absolute Gasteiger partial charge is 0.244 e. The van der Waals surface area contributed by atoms with Crippen LogP contribution in [0.1, 0.15) is 25.3 Å². The van der Waals surface area contributed by atoms with Crippen molar-refractivity contribution in [1.82, 2.24) is 4.72 Å². The average Bonchev–Trinajstić information content (AvgIpc) is 2.88. The highest BCUT2D eigenvalue weighted by Crippen LogP contribution is 2.36. The Morgan fingerprint density at radius 2 is 2.00 bits per heavy atom. The van der Waals surface area contributed by atoms with Crippen LogP contribution in [0.3, 0.4) is 0 Å². The van der Waals surface area contributed by atoms with Gasteiger partial charge in [0.05, 0.1) is 0 Å². The summed E-state index contributed by atoms with van der Waals surface area (Å²) >= 11 is 0. The van der Waals surface area contributed by atoms with Crippen LogP contribution in [0.5, 0.6) is 0 Å².